The van der Waals surface area contributed by atoms with Gasteiger partial charge in [0.15, 0.2) is 0 Å². The minimum atomic E-state index is 0.546. The highest BCUT2D eigenvalue weighted by Crippen LogP contribution is 2.34. The summed E-state index contributed by atoms with van der Waals surface area (Å²) in [6.45, 7) is 7.51. The van der Waals surface area contributed by atoms with Crippen LogP contribution < -0.4 is 5.32 Å². The molecule has 0 heterocycles. The largest absolute Gasteiger partial charge is 0.378 e. The number of hydrogen-bond acceptors (Lipinski definition) is 2. The Kier molecular flexibility index (Phi) is 4.20. The molecule has 1 atom stereocenters. The van der Waals surface area contributed by atoms with Crippen LogP contribution in [0.2, 0.25) is 0 Å². The minimum Gasteiger partial charge on any atom is -0.378 e. The van der Waals surface area contributed by atoms with E-state index in [4.69, 9.17) is 4.74 Å². The topological polar surface area (TPSA) is 21.3 Å². The van der Waals surface area contributed by atoms with E-state index in [1.165, 1.54) is 12.8 Å². The van der Waals surface area contributed by atoms with Crippen molar-refractivity contribution in [3.63, 3.8) is 0 Å². The first-order valence-electron chi connectivity index (χ1n) is 5.47. The van der Waals surface area contributed by atoms with Gasteiger partial charge in [-0.2, -0.15) is 0 Å². The minimum absolute atomic E-state index is 0.546. The fraction of sp³-hybridized carbons (Fsp3) is 1.00. The van der Waals surface area contributed by atoms with E-state index in [0.29, 0.717) is 12.1 Å². The summed E-state index contributed by atoms with van der Waals surface area (Å²) in [7, 11) is 2.07. The van der Waals surface area contributed by atoms with Gasteiger partial charge in [0.2, 0.25) is 0 Å². The molecule has 0 saturated heterocycles. The van der Waals surface area contributed by atoms with Crippen LogP contribution in [0.4, 0.5) is 0 Å². The van der Waals surface area contributed by atoms with Gasteiger partial charge in [0, 0.05) is 12.6 Å². The maximum atomic E-state index is 5.55. The summed E-state index contributed by atoms with van der Waals surface area (Å²) in [5.74, 6) is 1.57. The Labute approximate surface area is 82.0 Å². The average Bonchev–Trinajstić information content (AvgIpc) is 2.00. The molecule has 1 aliphatic carbocycles. The Balaban J connectivity index is 2.24. The summed E-state index contributed by atoms with van der Waals surface area (Å²) in [5, 5.41) is 3.41. The Morgan fingerprint density at radius 1 is 1.38 bits per heavy atom. The lowest BCUT2D eigenvalue weighted by atomic mass is 9.74. The van der Waals surface area contributed by atoms with Crippen molar-refractivity contribution in [2.75, 3.05) is 13.7 Å². The zero-order valence-corrected chi connectivity index (χ0v) is 9.34. The van der Waals surface area contributed by atoms with Crippen molar-refractivity contribution in [2.24, 2.45) is 11.8 Å². The molecule has 0 aromatic rings. The maximum Gasteiger partial charge on any atom is 0.0581 e. The van der Waals surface area contributed by atoms with Crippen LogP contribution in [0.1, 0.15) is 33.6 Å². The third-order valence-corrected chi connectivity index (χ3v) is 3.09. The predicted molar refractivity (Wildman–Crippen MR) is 55.8 cm³/mol. The molecule has 1 N–H and O–H groups in total. The van der Waals surface area contributed by atoms with Gasteiger partial charge in [0.25, 0.3) is 0 Å². The Morgan fingerprint density at radius 3 is 2.38 bits per heavy atom. The highest BCUT2D eigenvalue weighted by Gasteiger charge is 2.35. The molecule has 2 heteroatoms. The van der Waals surface area contributed by atoms with Crippen molar-refractivity contribution < 1.29 is 4.74 Å². The summed E-state index contributed by atoms with van der Waals surface area (Å²) in [6, 6.07) is 0.678. The molecule has 1 aliphatic rings. The summed E-state index contributed by atoms with van der Waals surface area (Å²) >= 11 is 0. The van der Waals surface area contributed by atoms with E-state index in [1.807, 2.05) is 0 Å². The molecule has 0 aromatic carbocycles. The molecule has 0 aliphatic heterocycles. The molecular formula is C11H23NO. The van der Waals surface area contributed by atoms with Crippen LogP contribution >= 0.6 is 0 Å². The van der Waals surface area contributed by atoms with Crippen molar-refractivity contribution >= 4 is 0 Å². The highest BCUT2D eigenvalue weighted by molar-refractivity contribution is 4.89. The third-order valence-electron chi connectivity index (χ3n) is 3.09. The lowest BCUT2D eigenvalue weighted by Crippen LogP contribution is -2.47. The molecule has 0 radical (unpaired) electrons. The van der Waals surface area contributed by atoms with Gasteiger partial charge >= 0.3 is 0 Å². The van der Waals surface area contributed by atoms with E-state index in [-0.39, 0.29) is 0 Å². The second-order valence-electron chi connectivity index (χ2n) is 4.37. The molecule has 0 bridgehead atoms. The highest BCUT2D eigenvalue weighted by atomic mass is 16.5. The lowest BCUT2D eigenvalue weighted by Gasteiger charge is -2.41. The van der Waals surface area contributed by atoms with E-state index in [0.717, 1.165) is 18.4 Å². The van der Waals surface area contributed by atoms with E-state index in [1.54, 1.807) is 0 Å². The normalized spacial score (nSPS) is 30.2. The fourth-order valence-electron chi connectivity index (χ4n) is 2.38. The first kappa shape index (κ1) is 11.0. The van der Waals surface area contributed by atoms with Crippen molar-refractivity contribution in [1.29, 1.82) is 0 Å². The van der Waals surface area contributed by atoms with Gasteiger partial charge in [-0.15, -0.1) is 0 Å². The first-order chi connectivity index (χ1) is 6.19. The Morgan fingerprint density at radius 2 is 2.00 bits per heavy atom. The molecule has 1 unspecified atom stereocenters. The van der Waals surface area contributed by atoms with Gasteiger partial charge in [-0.1, -0.05) is 13.8 Å². The second-order valence-corrected chi connectivity index (χ2v) is 4.37. The standard InChI is InChI=1S/C11H23NO/c1-5-13-10-6-9(7-10)11(12-4)8(2)3/h8-12H,5-7H2,1-4H3. The van der Waals surface area contributed by atoms with Gasteiger partial charge in [-0.25, -0.2) is 0 Å². The van der Waals surface area contributed by atoms with Gasteiger partial charge < -0.3 is 10.1 Å². The average molecular weight is 185 g/mol. The number of ether oxygens (including phenoxy) is 1. The van der Waals surface area contributed by atoms with Crippen LogP contribution in [0.25, 0.3) is 0 Å². The van der Waals surface area contributed by atoms with Crippen LogP contribution in [0.3, 0.4) is 0 Å². The van der Waals surface area contributed by atoms with Crippen molar-refractivity contribution in [1.82, 2.24) is 5.32 Å². The molecule has 0 amide bonds. The quantitative estimate of drug-likeness (QED) is 0.708. The molecule has 1 fully saturated rings. The zero-order valence-electron chi connectivity index (χ0n) is 9.34. The van der Waals surface area contributed by atoms with E-state index >= 15 is 0 Å². The van der Waals surface area contributed by atoms with Crippen LogP contribution in [0, 0.1) is 11.8 Å². The van der Waals surface area contributed by atoms with Crippen molar-refractivity contribution in [3.05, 3.63) is 0 Å². The SMILES string of the molecule is CCOC1CC(C(NC)C(C)C)C1. The molecule has 1 saturated carbocycles. The smallest absolute Gasteiger partial charge is 0.0581 e. The summed E-state index contributed by atoms with van der Waals surface area (Å²) in [6.07, 6.45) is 3.04. The van der Waals surface area contributed by atoms with E-state index in [9.17, 15) is 0 Å². The zero-order chi connectivity index (χ0) is 9.84. The maximum absolute atomic E-state index is 5.55. The Bertz CT molecular complexity index is 141. The molecule has 2 nitrogen and oxygen atoms in total. The number of rotatable bonds is 5. The van der Waals surface area contributed by atoms with Crippen LogP contribution in [-0.2, 0) is 4.74 Å². The van der Waals surface area contributed by atoms with Crippen molar-refractivity contribution in [3.8, 4) is 0 Å². The summed E-state index contributed by atoms with van der Waals surface area (Å²) < 4.78 is 5.55. The molecule has 13 heavy (non-hydrogen) atoms. The van der Waals surface area contributed by atoms with Crippen LogP contribution in [-0.4, -0.2) is 25.8 Å². The second kappa shape index (κ2) is 4.97. The molecule has 0 spiro atoms. The first-order valence-corrected chi connectivity index (χ1v) is 5.47. The monoisotopic (exact) mass is 185 g/mol. The van der Waals surface area contributed by atoms with Crippen molar-refractivity contribution in [2.45, 2.75) is 45.8 Å². The molecular weight excluding hydrogens is 162 g/mol. The fourth-order valence-corrected chi connectivity index (χ4v) is 2.38. The van der Waals surface area contributed by atoms with E-state index < -0.39 is 0 Å². The van der Waals surface area contributed by atoms with Gasteiger partial charge in [0.05, 0.1) is 6.10 Å². The number of hydrogen-bond donors (Lipinski definition) is 1. The third kappa shape index (κ3) is 2.68. The molecule has 0 aromatic heterocycles. The lowest BCUT2D eigenvalue weighted by molar-refractivity contribution is -0.0392. The van der Waals surface area contributed by atoms with Crippen LogP contribution in [0.15, 0.2) is 0 Å². The van der Waals surface area contributed by atoms with Gasteiger partial charge in [-0.3, -0.25) is 0 Å². The molecule has 1 rings (SSSR count). The summed E-state index contributed by atoms with van der Waals surface area (Å²) in [4.78, 5) is 0. The van der Waals surface area contributed by atoms with Gasteiger partial charge in [0.1, 0.15) is 0 Å². The van der Waals surface area contributed by atoms with Gasteiger partial charge in [-0.05, 0) is 38.6 Å². The summed E-state index contributed by atoms with van der Waals surface area (Å²) in [5.41, 5.74) is 0. The molecule has 78 valence electrons. The predicted octanol–water partition coefficient (Wildman–Crippen LogP) is 2.05. The van der Waals surface area contributed by atoms with E-state index in [2.05, 4.69) is 33.1 Å². The number of nitrogens with one attached hydrogen (secondary N) is 1. The van der Waals surface area contributed by atoms with Crippen LogP contribution in [0.5, 0.6) is 0 Å². The Hall–Kier alpha value is -0.0800.